The zero-order valence-electron chi connectivity index (χ0n) is 10.6. The summed E-state index contributed by atoms with van der Waals surface area (Å²) in [6.07, 6.45) is 1.51. The third kappa shape index (κ3) is 4.98. The Bertz CT molecular complexity index is 524. The minimum Gasteiger partial charge on any atom is -0.376 e. The van der Waals surface area contributed by atoms with Crippen molar-refractivity contribution in [1.82, 2.24) is 4.90 Å². The van der Waals surface area contributed by atoms with Gasteiger partial charge in [0.15, 0.2) is 0 Å². The summed E-state index contributed by atoms with van der Waals surface area (Å²) in [4.78, 5) is 11.9. The molecule has 1 fully saturated rings. The molecule has 19 heavy (non-hydrogen) atoms. The number of hydrogen-bond donors (Lipinski definition) is 2. The molecule has 7 heteroatoms. The monoisotopic (exact) mass is 287 g/mol. The van der Waals surface area contributed by atoms with Crippen molar-refractivity contribution >= 4 is 16.0 Å². The van der Waals surface area contributed by atoms with Crippen LogP contribution in [0.1, 0.15) is 18.4 Å². The Morgan fingerprint density at radius 1 is 1.26 bits per heavy atom. The summed E-state index contributed by atoms with van der Waals surface area (Å²) in [5, 5.41) is 8.44. The van der Waals surface area contributed by atoms with Crippen LogP contribution in [0.2, 0.25) is 0 Å². The van der Waals surface area contributed by atoms with Crippen LogP contribution in [0.4, 0.5) is 0 Å². The number of amides is 1. The fraction of sp³-hybridized carbons (Fsp3) is 0.417. The zero-order chi connectivity index (χ0) is 14.5. The van der Waals surface area contributed by atoms with Crippen LogP contribution in [0.3, 0.4) is 0 Å². The molecule has 6 nitrogen and oxygen atoms in total. The first-order valence-corrected chi connectivity index (χ1v) is 7.21. The molecule has 1 aliphatic rings. The van der Waals surface area contributed by atoms with Gasteiger partial charge in [0.05, 0.1) is 4.90 Å². The highest BCUT2D eigenvalue weighted by Gasteiger charge is 2.17. The Morgan fingerprint density at radius 3 is 2.16 bits per heavy atom. The van der Waals surface area contributed by atoms with Crippen LogP contribution in [0, 0.1) is 6.92 Å². The molecule has 0 unspecified atom stereocenters. The second-order valence-corrected chi connectivity index (χ2v) is 5.61. The SMILES string of the molecule is Cc1ccc(S(=O)(=O)O)cc1.O=C1CCCN1CO. The van der Waals surface area contributed by atoms with Crippen molar-refractivity contribution in [3.8, 4) is 0 Å². The van der Waals surface area contributed by atoms with Crippen LogP contribution in [-0.2, 0) is 14.9 Å². The lowest BCUT2D eigenvalue weighted by Crippen LogP contribution is -2.24. The van der Waals surface area contributed by atoms with Crippen molar-refractivity contribution < 1.29 is 22.9 Å². The zero-order valence-corrected chi connectivity index (χ0v) is 11.4. The first-order chi connectivity index (χ1) is 8.84. The Kier molecular flexibility index (Phi) is 5.46. The summed E-state index contributed by atoms with van der Waals surface area (Å²) >= 11 is 0. The van der Waals surface area contributed by atoms with Crippen molar-refractivity contribution in [2.24, 2.45) is 0 Å². The van der Waals surface area contributed by atoms with Crippen molar-refractivity contribution in [3.63, 3.8) is 0 Å². The number of aliphatic hydroxyl groups is 1. The number of aliphatic hydroxyl groups excluding tert-OH is 1. The molecule has 1 aromatic rings. The number of rotatable bonds is 2. The van der Waals surface area contributed by atoms with Crippen LogP contribution in [0.15, 0.2) is 29.2 Å². The topological polar surface area (TPSA) is 94.9 Å². The summed E-state index contributed by atoms with van der Waals surface area (Å²) < 4.78 is 29.6. The number of aryl methyl sites for hydroxylation is 1. The Labute approximate surface area is 112 Å². The Morgan fingerprint density at radius 2 is 1.84 bits per heavy atom. The van der Waals surface area contributed by atoms with Gasteiger partial charge >= 0.3 is 0 Å². The number of carbonyl (C=O) groups excluding carboxylic acids is 1. The smallest absolute Gasteiger partial charge is 0.294 e. The molecule has 1 aliphatic heterocycles. The number of hydrogen-bond acceptors (Lipinski definition) is 4. The number of carbonyl (C=O) groups is 1. The van der Waals surface area contributed by atoms with Gasteiger partial charge in [-0.2, -0.15) is 8.42 Å². The molecule has 106 valence electrons. The lowest BCUT2D eigenvalue weighted by Gasteiger charge is -2.08. The van der Waals surface area contributed by atoms with E-state index in [0.29, 0.717) is 6.42 Å². The van der Waals surface area contributed by atoms with E-state index in [1.165, 1.54) is 17.0 Å². The third-order valence-corrected chi connectivity index (χ3v) is 3.53. The second kappa shape index (κ2) is 6.65. The normalized spacial score (nSPS) is 15.1. The average Bonchev–Trinajstić information content (AvgIpc) is 2.75. The van der Waals surface area contributed by atoms with Crippen LogP contribution in [0.25, 0.3) is 0 Å². The first kappa shape index (κ1) is 15.6. The first-order valence-electron chi connectivity index (χ1n) is 5.77. The summed E-state index contributed by atoms with van der Waals surface area (Å²) in [6.45, 7) is 2.46. The van der Waals surface area contributed by atoms with Gasteiger partial charge in [0.25, 0.3) is 10.1 Å². The molecule has 1 aromatic carbocycles. The van der Waals surface area contributed by atoms with E-state index in [1.54, 1.807) is 12.1 Å². The van der Waals surface area contributed by atoms with E-state index in [1.807, 2.05) is 6.92 Å². The summed E-state index contributed by atoms with van der Waals surface area (Å²) in [5.41, 5.74) is 0.956. The molecular formula is C12H17NO5S. The maximum absolute atomic E-state index is 10.6. The fourth-order valence-corrected chi connectivity index (χ4v) is 2.04. The van der Waals surface area contributed by atoms with E-state index in [9.17, 15) is 13.2 Å². The van der Waals surface area contributed by atoms with Gasteiger partial charge in [-0.3, -0.25) is 9.35 Å². The van der Waals surface area contributed by atoms with Gasteiger partial charge in [-0.1, -0.05) is 17.7 Å². The maximum atomic E-state index is 10.6. The molecule has 0 bridgehead atoms. The van der Waals surface area contributed by atoms with Gasteiger partial charge < -0.3 is 10.0 Å². The van der Waals surface area contributed by atoms with Gasteiger partial charge in [0, 0.05) is 13.0 Å². The Balaban J connectivity index is 0.000000200. The number of nitrogens with zero attached hydrogens (tertiary/aromatic N) is 1. The van der Waals surface area contributed by atoms with Crippen LogP contribution >= 0.6 is 0 Å². The van der Waals surface area contributed by atoms with Crippen molar-refractivity contribution in [3.05, 3.63) is 29.8 Å². The molecule has 0 spiro atoms. The number of benzene rings is 1. The standard InChI is InChI=1S/C7H8O3S.C5H9NO2/c1-6-2-4-7(5-3-6)11(8,9)10;7-4-6-3-1-2-5(6)8/h2-5H,1H3,(H,8,9,10);7H,1-4H2. The van der Waals surface area contributed by atoms with E-state index < -0.39 is 10.1 Å². The quantitative estimate of drug-likeness (QED) is 0.785. The summed E-state index contributed by atoms with van der Waals surface area (Å²) in [6, 6.07) is 5.99. The summed E-state index contributed by atoms with van der Waals surface area (Å²) in [5.74, 6) is 0.0764. The highest BCUT2D eigenvalue weighted by Crippen LogP contribution is 2.08. The molecule has 1 heterocycles. The van der Waals surface area contributed by atoms with E-state index >= 15 is 0 Å². The number of likely N-dealkylation sites (tertiary alicyclic amines) is 1. The molecule has 0 aliphatic carbocycles. The lowest BCUT2D eigenvalue weighted by molar-refractivity contribution is -0.130. The predicted molar refractivity (Wildman–Crippen MR) is 69.0 cm³/mol. The van der Waals surface area contributed by atoms with Gasteiger partial charge in [0.2, 0.25) is 5.91 Å². The van der Waals surface area contributed by atoms with Crippen LogP contribution < -0.4 is 0 Å². The van der Waals surface area contributed by atoms with Crippen molar-refractivity contribution in [2.75, 3.05) is 13.3 Å². The molecule has 0 aromatic heterocycles. The van der Waals surface area contributed by atoms with E-state index in [2.05, 4.69) is 0 Å². The van der Waals surface area contributed by atoms with Gasteiger partial charge in [0.1, 0.15) is 6.73 Å². The molecule has 2 N–H and O–H groups in total. The molecule has 2 rings (SSSR count). The molecule has 1 amide bonds. The third-order valence-electron chi connectivity index (χ3n) is 2.66. The molecular weight excluding hydrogens is 270 g/mol. The van der Waals surface area contributed by atoms with Crippen LogP contribution in [-0.4, -0.2) is 42.2 Å². The van der Waals surface area contributed by atoms with Gasteiger partial charge in [-0.15, -0.1) is 0 Å². The average molecular weight is 287 g/mol. The predicted octanol–water partition coefficient (Wildman–Crippen LogP) is 0.800. The lowest BCUT2D eigenvalue weighted by atomic mass is 10.2. The van der Waals surface area contributed by atoms with Crippen molar-refractivity contribution in [1.29, 1.82) is 0 Å². The van der Waals surface area contributed by atoms with E-state index in [4.69, 9.17) is 9.66 Å². The molecule has 1 saturated heterocycles. The van der Waals surface area contributed by atoms with E-state index in [-0.39, 0.29) is 17.5 Å². The maximum Gasteiger partial charge on any atom is 0.294 e. The van der Waals surface area contributed by atoms with Gasteiger partial charge in [-0.25, -0.2) is 0 Å². The largest absolute Gasteiger partial charge is 0.376 e. The molecule has 0 saturated carbocycles. The second-order valence-electron chi connectivity index (χ2n) is 4.19. The van der Waals surface area contributed by atoms with Crippen LogP contribution in [0.5, 0.6) is 0 Å². The minimum absolute atomic E-state index is 0.0666. The highest BCUT2D eigenvalue weighted by molar-refractivity contribution is 7.85. The highest BCUT2D eigenvalue weighted by atomic mass is 32.2. The van der Waals surface area contributed by atoms with Gasteiger partial charge in [-0.05, 0) is 25.5 Å². The minimum atomic E-state index is -4.02. The summed E-state index contributed by atoms with van der Waals surface area (Å²) in [7, 11) is -4.02. The van der Waals surface area contributed by atoms with Crippen molar-refractivity contribution in [2.45, 2.75) is 24.7 Å². The Hall–Kier alpha value is -1.44. The molecule has 0 atom stereocenters. The molecule has 0 radical (unpaired) electrons. The van der Waals surface area contributed by atoms with E-state index in [0.717, 1.165) is 18.5 Å². The fourth-order valence-electron chi connectivity index (χ4n) is 1.56.